The third-order valence-corrected chi connectivity index (χ3v) is 4.83. The van der Waals surface area contributed by atoms with Gasteiger partial charge in [0.2, 0.25) is 0 Å². The maximum Gasteiger partial charge on any atom is 0.407 e. The standard InChI is InChI=1S/C23H34N2O7/c1-23(2,3)32-22(28)24-13-14-30-18-9-5-16(6-10-18)21(27)25-17-7-11-19(12-8-17)31-15-20(26)29-4/h5-6,9-10,17,19H,7-8,11-15H2,1-4H3,(H,24,28)(H,25,27). The summed E-state index contributed by atoms with van der Waals surface area (Å²) >= 11 is 0. The second kappa shape index (κ2) is 12.3. The molecule has 0 unspecified atom stereocenters. The lowest BCUT2D eigenvalue weighted by Gasteiger charge is -2.28. The fraction of sp³-hybridized carbons (Fsp3) is 0.609. The fourth-order valence-corrected chi connectivity index (χ4v) is 3.23. The second-order valence-corrected chi connectivity index (χ2v) is 8.64. The lowest BCUT2D eigenvalue weighted by atomic mass is 9.92. The molecule has 2 rings (SSSR count). The zero-order valence-corrected chi connectivity index (χ0v) is 19.3. The Labute approximate surface area is 189 Å². The van der Waals surface area contributed by atoms with Gasteiger partial charge in [0.1, 0.15) is 24.6 Å². The van der Waals surface area contributed by atoms with Crippen LogP contribution < -0.4 is 15.4 Å². The van der Waals surface area contributed by atoms with Crippen LogP contribution in [-0.4, -0.2) is 62.6 Å². The Morgan fingerprint density at radius 3 is 2.28 bits per heavy atom. The molecule has 0 heterocycles. The van der Waals surface area contributed by atoms with Crippen LogP contribution in [0, 0.1) is 0 Å². The predicted octanol–water partition coefficient (Wildman–Crippen LogP) is 2.82. The van der Waals surface area contributed by atoms with Crippen molar-refractivity contribution in [2.24, 2.45) is 0 Å². The van der Waals surface area contributed by atoms with E-state index in [4.69, 9.17) is 14.2 Å². The number of methoxy groups -OCH3 is 1. The van der Waals surface area contributed by atoms with Crippen LogP contribution in [0.15, 0.2) is 24.3 Å². The summed E-state index contributed by atoms with van der Waals surface area (Å²) in [5.41, 5.74) is 0.00664. The molecule has 0 saturated heterocycles. The Hall–Kier alpha value is -2.81. The Morgan fingerprint density at radius 2 is 1.69 bits per heavy atom. The fourth-order valence-electron chi connectivity index (χ4n) is 3.23. The Bertz CT molecular complexity index is 751. The minimum absolute atomic E-state index is 0.0171. The molecule has 1 aromatic carbocycles. The van der Waals surface area contributed by atoms with Crippen LogP contribution in [0.4, 0.5) is 4.79 Å². The molecule has 9 heteroatoms. The third-order valence-electron chi connectivity index (χ3n) is 4.83. The molecule has 1 saturated carbocycles. The Balaban J connectivity index is 1.67. The highest BCUT2D eigenvalue weighted by molar-refractivity contribution is 5.94. The number of ether oxygens (including phenoxy) is 4. The smallest absolute Gasteiger partial charge is 0.407 e. The van der Waals surface area contributed by atoms with Gasteiger partial charge in [0, 0.05) is 11.6 Å². The normalized spacial score (nSPS) is 18.4. The van der Waals surface area contributed by atoms with Crippen molar-refractivity contribution in [2.45, 2.75) is 64.2 Å². The molecule has 2 amide bonds. The van der Waals surface area contributed by atoms with Gasteiger partial charge in [-0.3, -0.25) is 4.79 Å². The maximum atomic E-state index is 12.5. The van der Waals surface area contributed by atoms with Gasteiger partial charge in [0.05, 0.1) is 19.8 Å². The minimum atomic E-state index is -0.543. The second-order valence-electron chi connectivity index (χ2n) is 8.64. The highest BCUT2D eigenvalue weighted by Crippen LogP contribution is 2.22. The van der Waals surface area contributed by atoms with Gasteiger partial charge >= 0.3 is 12.1 Å². The summed E-state index contributed by atoms with van der Waals surface area (Å²) in [4.78, 5) is 35.2. The van der Waals surface area contributed by atoms with Crippen molar-refractivity contribution in [1.29, 1.82) is 0 Å². The molecular weight excluding hydrogens is 416 g/mol. The van der Waals surface area contributed by atoms with Gasteiger partial charge in [-0.1, -0.05) is 0 Å². The highest BCUT2D eigenvalue weighted by Gasteiger charge is 2.24. The Kier molecular flexibility index (Phi) is 9.77. The van der Waals surface area contributed by atoms with Gasteiger partial charge < -0.3 is 29.6 Å². The van der Waals surface area contributed by atoms with Crippen LogP contribution in [0.1, 0.15) is 56.8 Å². The van der Waals surface area contributed by atoms with Crippen LogP contribution in [0.25, 0.3) is 0 Å². The lowest BCUT2D eigenvalue weighted by molar-refractivity contribution is -0.148. The monoisotopic (exact) mass is 450 g/mol. The van der Waals surface area contributed by atoms with E-state index < -0.39 is 11.7 Å². The lowest BCUT2D eigenvalue weighted by Crippen LogP contribution is -2.39. The summed E-state index contributed by atoms with van der Waals surface area (Å²) in [7, 11) is 1.33. The number of carbonyl (C=O) groups excluding carboxylic acids is 3. The van der Waals surface area contributed by atoms with Crippen LogP contribution in [0.2, 0.25) is 0 Å². The summed E-state index contributed by atoms with van der Waals surface area (Å²) < 4.78 is 20.8. The summed E-state index contributed by atoms with van der Waals surface area (Å²) in [5, 5.41) is 5.67. The molecule has 1 aliphatic rings. The van der Waals surface area contributed by atoms with Crippen molar-refractivity contribution in [2.75, 3.05) is 26.9 Å². The predicted molar refractivity (Wildman–Crippen MR) is 118 cm³/mol. The van der Waals surface area contributed by atoms with Crippen LogP contribution in [0.3, 0.4) is 0 Å². The minimum Gasteiger partial charge on any atom is -0.492 e. The molecule has 9 nitrogen and oxygen atoms in total. The summed E-state index contributed by atoms with van der Waals surface area (Å²) in [6.45, 7) is 5.95. The topological polar surface area (TPSA) is 112 Å². The van der Waals surface area contributed by atoms with Crippen molar-refractivity contribution in [3.63, 3.8) is 0 Å². The molecule has 2 N–H and O–H groups in total. The first-order chi connectivity index (χ1) is 15.2. The van der Waals surface area contributed by atoms with E-state index in [1.807, 2.05) is 0 Å². The van der Waals surface area contributed by atoms with E-state index in [0.717, 1.165) is 25.7 Å². The number of carbonyl (C=O) groups is 3. The van der Waals surface area contributed by atoms with E-state index in [-0.39, 0.29) is 37.2 Å². The Morgan fingerprint density at radius 1 is 1.03 bits per heavy atom. The third kappa shape index (κ3) is 9.55. The largest absolute Gasteiger partial charge is 0.492 e. The van der Waals surface area contributed by atoms with E-state index in [0.29, 0.717) is 17.9 Å². The van der Waals surface area contributed by atoms with E-state index >= 15 is 0 Å². The van der Waals surface area contributed by atoms with Crippen molar-refractivity contribution in [1.82, 2.24) is 10.6 Å². The maximum absolute atomic E-state index is 12.5. The van der Waals surface area contributed by atoms with Crippen molar-refractivity contribution >= 4 is 18.0 Å². The van der Waals surface area contributed by atoms with Gasteiger partial charge in [-0.05, 0) is 70.7 Å². The number of esters is 1. The van der Waals surface area contributed by atoms with E-state index in [1.54, 1.807) is 45.0 Å². The number of benzene rings is 1. The highest BCUT2D eigenvalue weighted by atomic mass is 16.6. The zero-order valence-electron chi connectivity index (χ0n) is 19.3. The van der Waals surface area contributed by atoms with Gasteiger partial charge in [0.15, 0.2) is 0 Å². The van der Waals surface area contributed by atoms with Crippen LogP contribution in [-0.2, 0) is 19.0 Å². The average molecular weight is 451 g/mol. The summed E-state index contributed by atoms with van der Waals surface area (Å²) in [6, 6.07) is 6.93. The molecule has 32 heavy (non-hydrogen) atoms. The van der Waals surface area contributed by atoms with Crippen molar-refractivity contribution < 1.29 is 33.3 Å². The molecule has 1 aromatic rings. The van der Waals surface area contributed by atoms with Crippen molar-refractivity contribution in [3.05, 3.63) is 29.8 Å². The SMILES string of the molecule is COC(=O)COC1CCC(NC(=O)c2ccc(OCCNC(=O)OC(C)(C)C)cc2)CC1. The molecule has 1 aliphatic carbocycles. The van der Waals surface area contributed by atoms with Gasteiger partial charge in [-0.2, -0.15) is 0 Å². The quantitative estimate of drug-likeness (QED) is 0.439. The first kappa shape index (κ1) is 25.5. The molecule has 0 atom stereocenters. The molecule has 178 valence electrons. The van der Waals surface area contributed by atoms with Gasteiger partial charge in [-0.25, -0.2) is 9.59 Å². The summed E-state index contributed by atoms with van der Waals surface area (Å²) in [6.07, 6.45) is 2.69. The van der Waals surface area contributed by atoms with Crippen LogP contribution >= 0.6 is 0 Å². The first-order valence-corrected chi connectivity index (χ1v) is 10.9. The molecule has 0 radical (unpaired) electrons. The summed E-state index contributed by atoms with van der Waals surface area (Å²) in [5.74, 6) is 0.0880. The molecule has 0 spiro atoms. The number of hydrogen-bond acceptors (Lipinski definition) is 7. The number of alkyl carbamates (subject to hydrolysis) is 1. The molecular formula is C23H34N2O7. The molecule has 0 aromatic heterocycles. The molecule has 1 fully saturated rings. The average Bonchev–Trinajstić information content (AvgIpc) is 2.75. The number of nitrogens with one attached hydrogen (secondary N) is 2. The van der Waals surface area contributed by atoms with E-state index in [2.05, 4.69) is 15.4 Å². The van der Waals surface area contributed by atoms with E-state index in [1.165, 1.54) is 7.11 Å². The number of amides is 2. The van der Waals surface area contributed by atoms with Crippen LogP contribution in [0.5, 0.6) is 5.75 Å². The number of hydrogen-bond donors (Lipinski definition) is 2. The van der Waals surface area contributed by atoms with Gasteiger partial charge in [-0.15, -0.1) is 0 Å². The number of rotatable bonds is 9. The molecule has 0 bridgehead atoms. The zero-order chi connectivity index (χ0) is 23.6. The first-order valence-electron chi connectivity index (χ1n) is 10.9. The van der Waals surface area contributed by atoms with Crippen molar-refractivity contribution in [3.8, 4) is 5.75 Å². The van der Waals surface area contributed by atoms with E-state index in [9.17, 15) is 14.4 Å². The molecule has 0 aliphatic heterocycles. The van der Waals surface area contributed by atoms with Gasteiger partial charge in [0.25, 0.3) is 5.91 Å².